The summed E-state index contributed by atoms with van der Waals surface area (Å²) in [5.41, 5.74) is 5.51. The van der Waals surface area contributed by atoms with Crippen LogP contribution in [0.3, 0.4) is 0 Å². The molecule has 0 amide bonds. The third-order valence-electron chi connectivity index (χ3n) is 2.62. The molecule has 16 heavy (non-hydrogen) atoms. The molecule has 0 fully saturated rings. The summed E-state index contributed by atoms with van der Waals surface area (Å²) < 4.78 is 0. The van der Waals surface area contributed by atoms with E-state index in [0.29, 0.717) is 0 Å². The average Bonchev–Trinajstić information content (AvgIpc) is 2.56. The van der Waals surface area contributed by atoms with E-state index in [0.717, 1.165) is 6.42 Å². The Balaban J connectivity index is 0.000000750. The van der Waals surface area contributed by atoms with Gasteiger partial charge in [-0.05, 0) is 6.42 Å². The van der Waals surface area contributed by atoms with Crippen LogP contribution in [0.1, 0.15) is 11.1 Å². The van der Waals surface area contributed by atoms with Crippen LogP contribution >= 0.6 is 0 Å². The summed E-state index contributed by atoms with van der Waals surface area (Å²) in [5.74, 6) is 0. The molecule has 1 aliphatic carbocycles. The Morgan fingerprint density at radius 1 is 0.875 bits per heavy atom. The first-order valence-corrected chi connectivity index (χ1v) is 4.53. The van der Waals surface area contributed by atoms with Gasteiger partial charge in [0.1, 0.15) is 0 Å². The van der Waals surface area contributed by atoms with Crippen molar-refractivity contribution in [1.82, 2.24) is 0 Å². The number of hydrogen-bond acceptors (Lipinski definition) is 0. The van der Waals surface area contributed by atoms with Gasteiger partial charge in [0.05, 0.1) is 0 Å². The maximum Gasteiger partial charge on any atom is 3.00 e. The molecule has 0 saturated heterocycles. The number of fused-ring (bicyclic) bond motifs is 3. The van der Waals surface area contributed by atoms with Gasteiger partial charge in [0.2, 0.25) is 0 Å². The SMILES string of the molecule is [CH3-].[CH3-].[Zr+3].[c-]1cccc2c1Cc1ccccc1-2. The minimum atomic E-state index is 0. The van der Waals surface area contributed by atoms with E-state index in [1.807, 2.05) is 6.07 Å². The normalized spacial score (nSPS) is 10.0. The molecule has 1 heteroatoms. The van der Waals surface area contributed by atoms with Crippen LogP contribution in [-0.2, 0) is 32.6 Å². The van der Waals surface area contributed by atoms with Crippen LogP contribution in [0.25, 0.3) is 11.1 Å². The largest absolute Gasteiger partial charge is 3.00 e. The molecule has 0 aromatic heterocycles. The van der Waals surface area contributed by atoms with Crippen molar-refractivity contribution in [3.05, 3.63) is 74.5 Å². The van der Waals surface area contributed by atoms with Gasteiger partial charge >= 0.3 is 26.2 Å². The third-order valence-corrected chi connectivity index (χ3v) is 2.62. The average molecular weight is 287 g/mol. The molecule has 0 spiro atoms. The zero-order valence-electron chi connectivity index (χ0n) is 9.75. The molecule has 0 saturated carbocycles. The van der Waals surface area contributed by atoms with E-state index in [1.165, 1.54) is 22.3 Å². The summed E-state index contributed by atoms with van der Waals surface area (Å²) in [6, 6.07) is 18.1. The molecule has 1 radical (unpaired) electrons. The molecule has 2 aromatic rings. The Morgan fingerprint density at radius 2 is 1.56 bits per heavy atom. The van der Waals surface area contributed by atoms with Gasteiger partial charge in [0.15, 0.2) is 0 Å². The van der Waals surface area contributed by atoms with E-state index in [9.17, 15) is 0 Å². The molecule has 0 nitrogen and oxygen atoms in total. The molecule has 0 aliphatic heterocycles. The van der Waals surface area contributed by atoms with Crippen LogP contribution in [-0.4, -0.2) is 0 Å². The van der Waals surface area contributed by atoms with Gasteiger partial charge < -0.3 is 14.9 Å². The Hall–Kier alpha value is -0.677. The first-order valence-electron chi connectivity index (χ1n) is 4.53. The fourth-order valence-corrected chi connectivity index (χ4v) is 2.00. The summed E-state index contributed by atoms with van der Waals surface area (Å²) in [6.07, 6.45) is 1.05. The smallest absolute Gasteiger partial charge is 0.358 e. The zero-order chi connectivity index (χ0) is 8.67. The van der Waals surface area contributed by atoms with Crippen molar-refractivity contribution in [1.29, 1.82) is 0 Å². The van der Waals surface area contributed by atoms with Crippen molar-refractivity contribution in [2.24, 2.45) is 0 Å². The topological polar surface area (TPSA) is 0 Å². The monoisotopic (exact) mass is 285 g/mol. The zero-order valence-corrected chi connectivity index (χ0v) is 12.2. The summed E-state index contributed by atoms with van der Waals surface area (Å²) in [6.45, 7) is 0. The second-order valence-electron chi connectivity index (χ2n) is 3.40. The van der Waals surface area contributed by atoms with Crippen LogP contribution in [0.5, 0.6) is 0 Å². The van der Waals surface area contributed by atoms with Crippen molar-refractivity contribution in [3.8, 4) is 11.1 Å². The van der Waals surface area contributed by atoms with Crippen LogP contribution in [0.15, 0.2) is 42.5 Å². The molecular formula is C15H15Zr. The maximum absolute atomic E-state index is 3.30. The Kier molecular flexibility index (Phi) is 5.90. The summed E-state index contributed by atoms with van der Waals surface area (Å²) in [7, 11) is 0. The van der Waals surface area contributed by atoms with E-state index in [-0.39, 0.29) is 41.1 Å². The second kappa shape index (κ2) is 6.16. The minimum Gasteiger partial charge on any atom is -0.358 e. The van der Waals surface area contributed by atoms with E-state index < -0.39 is 0 Å². The molecule has 0 bridgehead atoms. The van der Waals surface area contributed by atoms with Crippen LogP contribution in [0.4, 0.5) is 0 Å². The summed E-state index contributed by atoms with van der Waals surface area (Å²) in [5, 5.41) is 0. The molecule has 0 atom stereocenters. The molecule has 3 rings (SSSR count). The van der Waals surface area contributed by atoms with Crippen molar-refractivity contribution in [2.45, 2.75) is 6.42 Å². The predicted octanol–water partition coefficient (Wildman–Crippen LogP) is 3.96. The molecule has 0 heterocycles. The van der Waals surface area contributed by atoms with Crippen molar-refractivity contribution < 1.29 is 26.2 Å². The Morgan fingerprint density at radius 3 is 2.38 bits per heavy atom. The Bertz CT molecular complexity index is 417. The van der Waals surface area contributed by atoms with E-state index >= 15 is 0 Å². The summed E-state index contributed by atoms with van der Waals surface area (Å²) >= 11 is 0. The molecule has 79 valence electrons. The van der Waals surface area contributed by atoms with Crippen molar-refractivity contribution >= 4 is 0 Å². The number of rotatable bonds is 0. The molecule has 1 aliphatic rings. The summed E-state index contributed by atoms with van der Waals surface area (Å²) in [4.78, 5) is 0. The quantitative estimate of drug-likeness (QED) is 0.549. The van der Waals surface area contributed by atoms with Gasteiger partial charge in [0, 0.05) is 0 Å². The first kappa shape index (κ1) is 15.3. The number of hydrogen-bond donors (Lipinski definition) is 0. The standard InChI is InChI=1S/C13H9.2CH3.Zr/c1-3-7-12-10(5-1)9-11-6-2-4-8-13(11)12;;;/h1-5,7-8H,9H2;2*1H3;/q3*-1;+3. The van der Waals surface area contributed by atoms with Crippen LogP contribution < -0.4 is 0 Å². The van der Waals surface area contributed by atoms with Crippen molar-refractivity contribution in [2.75, 3.05) is 0 Å². The van der Waals surface area contributed by atoms with Gasteiger partial charge in [0.25, 0.3) is 0 Å². The van der Waals surface area contributed by atoms with Crippen molar-refractivity contribution in [3.63, 3.8) is 0 Å². The number of benzene rings is 2. The van der Waals surface area contributed by atoms with Gasteiger partial charge in [-0.15, -0.1) is 5.56 Å². The van der Waals surface area contributed by atoms with E-state index in [2.05, 4.69) is 42.5 Å². The van der Waals surface area contributed by atoms with Gasteiger partial charge in [-0.25, -0.2) is 0 Å². The fourth-order valence-electron chi connectivity index (χ4n) is 2.00. The minimum absolute atomic E-state index is 0. The van der Waals surface area contributed by atoms with Gasteiger partial charge in [-0.3, -0.25) is 0 Å². The molecule has 0 N–H and O–H groups in total. The van der Waals surface area contributed by atoms with E-state index in [4.69, 9.17) is 0 Å². The van der Waals surface area contributed by atoms with Crippen LogP contribution in [0.2, 0.25) is 0 Å². The molecular weight excluding hydrogens is 271 g/mol. The fraction of sp³-hybridized carbons (Fsp3) is 0.0667. The van der Waals surface area contributed by atoms with Gasteiger partial charge in [-0.2, -0.15) is 29.8 Å². The third kappa shape index (κ3) is 2.35. The van der Waals surface area contributed by atoms with Gasteiger partial charge in [-0.1, -0.05) is 35.4 Å². The molecule has 2 aromatic carbocycles. The second-order valence-corrected chi connectivity index (χ2v) is 3.40. The van der Waals surface area contributed by atoms with E-state index in [1.54, 1.807) is 0 Å². The predicted molar refractivity (Wildman–Crippen MR) is 66.3 cm³/mol. The maximum atomic E-state index is 3.30. The Labute approximate surface area is 118 Å². The van der Waals surface area contributed by atoms with Crippen LogP contribution in [0, 0.1) is 20.9 Å². The molecule has 0 unspecified atom stereocenters. The first-order chi connectivity index (χ1) is 6.45.